The van der Waals surface area contributed by atoms with Gasteiger partial charge in [0, 0.05) is 19.4 Å². The zero-order valence-corrected chi connectivity index (χ0v) is 26.0. The molecule has 2 aliphatic rings. The van der Waals surface area contributed by atoms with Crippen LogP contribution >= 0.6 is 11.6 Å². The van der Waals surface area contributed by atoms with Crippen molar-refractivity contribution in [3.8, 4) is 5.75 Å². The molecule has 12 heteroatoms. The molecule has 1 aromatic carbocycles. The van der Waals surface area contributed by atoms with Crippen molar-refractivity contribution in [2.24, 2.45) is 11.7 Å². The van der Waals surface area contributed by atoms with E-state index in [2.05, 4.69) is 10.6 Å². The SMILES string of the molecule is CNC(C)C(=O)OC1CC(=O)Nc2cc(cc(OC)c2Cl)C/C(C)=C/C=C/C(OC)C(N)(O)CC(O)C(C)C2OC12C. The molecule has 8 atom stereocenters. The van der Waals surface area contributed by atoms with Gasteiger partial charge in [0.25, 0.3) is 0 Å². The van der Waals surface area contributed by atoms with Crippen molar-refractivity contribution in [1.29, 1.82) is 0 Å². The van der Waals surface area contributed by atoms with Crippen LogP contribution in [0.25, 0.3) is 0 Å². The number of amides is 1. The Morgan fingerprint density at radius 3 is 2.64 bits per heavy atom. The molecular weight excluding hydrogens is 566 g/mol. The number of fused-ring (bicyclic) bond motifs is 3. The van der Waals surface area contributed by atoms with E-state index in [0.29, 0.717) is 17.9 Å². The summed E-state index contributed by atoms with van der Waals surface area (Å²) in [4.78, 5) is 26.2. The molecule has 1 saturated heterocycles. The van der Waals surface area contributed by atoms with Crippen molar-refractivity contribution < 1.29 is 38.7 Å². The predicted octanol–water partition coefficient (Wildman–Crippen LogP) is 2.46. The first-order valence-electron chi connectivity index (χ1n) is 13.9. The number of likely N-dealkylation sites (N-methyl/N-ethyl adjacent to an activating group) is 1. The molecule has 1 amide bonds. The molecule has 2 heterocycles. The number of methoxy groups -OCH3 is 2. The Balaban J connectivity index is 2.05. The highest BCUT2D eigenvalue weighted by molar-refractivity contribution is 6.35. The molecule has 0 spiro atoms. The molecule has 1 fully saturated rings. The monoisotopic (exact) mass is 609 g/mol. The number of carbonyl (C=O) groups excluding carboxylic acids is 2. The lowest BCUT2D eigenvalue weighted by atomic mass is 9.84. The second kappa shape index (κ2) is 13.9. The van der Waals surface area contributed by atoms with Crippen LogP contribution in [-0.4, -0.2) is 85.1 Å². The number of benzene rings is 1. The molecule has 8 unspecified atom stereocenters. The fraction of sp³-hybridized carbons (Fsp3) is 0.600. The minimum atomic E-state index is -1.90. The third kappa shape index (κ3) is 7.90. The van der Waals surface area contributed by atoms with Gasteiger partial charge in [0.15, 0.2) is 0 Å². The maximum absolute atomic E-state index is 13.4. The van der Waals surface area contributed by atoms with Gasteiger partial charge < -0.3 is 45.5 Å². The Morgan fingerprint density at radius 2 is 2.02 bits per heavy atom. The number of hydrogen-bond acceptors (Lipinski definition) is 10. The summed E-state index contributed by atoms with van der Waals surface area (Å²) in [5.74, 6) is -1.18. The first kappa shape index (κ1) is 34.0. The normalized spacial score (nSPS) is 35.2. The maximum Gasteiger partial charge on any atom is 0.323 e. The van der Waals surface area contributed by atoms with Gasteiger partial charge >= 0.3 is 5.97 Å². The van der Waals surface area contributed by atoms with Crippen LogP contribution in [0.2, 0.25) is 5.02 Å². The van der Waals surface area contributed by atoms with Gasteiger partial charge in [0.2, 0.25) is 5.91 Å². The van der Waals surface area contributed by atoms with Crippen molar-refractivity contribution in [2.45, 2.75) is 88.7 Å². The van der Waals surface area contributed by atoms with Crippen molar-refractivity contribution in [2.75, 3.05) is 26.6 Å². The van der Waals surface area contributed by atoms with Crippen molar-refractivity contribution in [3.63, 3.8) is 0 Å². The number of allylic oxidation sites excluding steroid dienone is 3. The summed E-state index contributed by atoms with van der Waals surface area (Å²) in [6.45, 7) is 7.03. The molecule has 0 aliphatic carbocycles. The van der Waals surface area contributed by atoms with Gasteiger partial charge in [-0.2, -0.15) is 0 Å². The number of ether oxygens (including phenoxy) is 4. The fourth-order valence-electron chi connectivity index (χ4n) is 5.21. The Kier molecular flexibility index (Phi) is 11.2. The van der Waals surface area contributed by atoms with E-state index in [1.54, 1.807) is 52.1 Å². The average Bonchev–Trinajstić information content (AvgIpc) is 3.62. The van der Waals surface area contributed by atoms with E-state index in [4.69, 9.17) is 36.3 Å². The minimum Gasteiger partial charge on any atom is -0.495 e. The molecule has 1 aromatic rings. The van der Waals surface area contributed by atoms with Gasteiger partial charge in [-0.15, -0.1) is 0 Å². The number of aliphatic hydroxyl groups excluding tert-OH is 1. The largest absolute Gasteiger partial charge is 0.495 e. The Bertz CT molecular complexity index is 1210. The molecule has 3 rings (SSSR count). The number of hydrogen-bond donors (Lipinski definition) is 5. The lowest BCUT2D eigenvalue weighted by Gasteiger charge is -2.33. The van der Waals surface area contributed by atoms with Gasteiger partial charge in [-0.3, -0.25) is 9.59 Å². The van der Waals surface area contributed by atoms with Gasteiger partial charge in [-0.05, 0) is 51.9 Å². The Hall–Kier alpha value is -2.51. The van der Waals surface area contributed by atoms with Gasteiger partial charge in [0.05, 0.1) is 31.4 Å². The lowest BCUT2D eigenvalue weighted by molar-refractivity contribution is -0.155. The molecule has 6 N–H and O–H groups in total. The number of halogens is 1. The summed E-state index contributed by atoms with van der Waals surface area (Å²) in [6, 6.07) is 2.91. The van der Waals surface area contributed by atoms with Crippen LogP contribution in [0.3, 0.4) is 0 Å². The van der Waals surface area contributed by atoms with Gasteiger partial charge in [-0.1, -0.05) is 42.3 Å². The zero-order chi connectivity index (χ0) is 31.4. The van der Waals surface area contributed by atoms with Crippen LogP contribution < -0.4 is 21.1 Å². The van der Waals surface area contributed by atoms with Crippen molar-refractivity contribution in [3.05, 3.63) is 46.5 Å². The average molecular weight is 610 g/mol. The van der Waals surface area contributed by atoms with Gasteiger partial charge in [-0.25, -0.2) is 0 Å². The van der Waals surface area contributed by atoms with Crippen molar-refractivity contribution in [1.82, 2.24) is 5.32 Å². The minimum absolute atomic E-state index is 0.221. The summed E-state index contributed by atoms with van der Waals surface area (Å²) < 4.78 is 22.7. The highest BCUT2D eigenvalue weighted by Gasteiger charge is 2.63. The molecule has 234 valence electrons. The van der Waals surface area contributed by atoms with Crippen LogP contribution in [0.1, 0.15) is 46.1 Å². The second-order valence-corrected chi connectivity index (χ2v) is 11.8. The molecule has 2 aliphatic heterocycles. The molecule has 11 nitrogen and oxygen atoms in total. The third-order valence-electron chi connectivity index (χ3n) is 8.05. The van der Waals surface area contributed by atoms with E-state index < -0.39 is 59.6 Å². The van der Waals surface area contributed by atoms with E-state index in [1.165, 1.54) is 14.2 Å². The molecule has 0 radical (unpaired) electrons. The van der Waals surface area contributed by atoms with E-state index in [-0.39, 0.29) is 17.9 Å². The smallest absolute Gasteiger partial charge is 0.323 e. The first-order chi connectivity index (χ1) is 19.7. The summed E-state index contributed by atoms with van der Waals surface area (Å²) in [7, 11) is 4.53. The summed E-state index contributed by atoms with van der Waals surface area (Å²) in [5, 5.41) is 28.1. The van der Waals surface area contributed by atoms with Crippen molar-refractivity contribution >= 4 is 29.2 Å². The number of nitrogens with two attached hydrogens (primary N) is 1. The summed E-state index contributed by atoms with van der Waals surface area (Å²) in [6.07, 6.45) is 1.62. The number of carbonyl (C=O) groups is 2. The van der Waals surface area contributed by atoms with Crippen LogP contribution in [0, 0.1) is 5.92 Å². The lowest BCUT2D eigenvalue weighted by Crippen LogP contribution is -2.54. The van der Waals surface area contributed by atoms with E-state index in [1.807, 2.05) is 13.0 Å². The molecule has 0 aromatic heterocycles. The second-order valence-electron chi connectivity index (χ2n) is 11.4. The Labute approximate surface area is 252 Å². The fourth-order valence-corrected chi connectivity index (χ4v) is 5.44. The maximum atomic E-state index is 13.4. The number of anilines is 1. The topological polar surface area (TPSA) is 165 Å². The van der Waals surface area contributed by atoms with Crippen LogP contribution in [0.15, 0.2) is 35.9 Å². The van der Waals surface area contributed by atoms with Crippen LogP contribution in [0.5, 0.6) is 5.75 Å². The predicted molar refractivity (Wildman–Crippen MR) is 159 cm³/mol. The van der Waals surface area contributed by atoms with Gasteiger partial charge in [0.1, 0.15) is 40.3 Å². The summed E-state index contributed by atoms with van der Waals surface area (Å²) >= 11 is 6.55. The first-order valence-corrected chi connectivity index (χ1v) is 14.3. The number of rotatable bonds is 5. The number of nitrogens with one attached hydrogen (secondary N) is 2. The number of aliphatic hydroxyl groups is 2. The Morgan fingerprint density at radius 1 is 1.33 bits per heavy atom. The number of epoxide rings is 1. The van der Waals surface area contributed by atoms with E-state index in [9.17, 15) is 19.8 Å². The third-order valence-corrected chi connectivity index (χ3v) is 8.44. The van der Waals surface area contributed by atoms with E-state index in [0.717, 1.165) is 11.1 Å². The number of esters is 1. The highest BCUT2D eigenvalue weighted by atomic mass is 35.5. The molecule has 42 heavy (non-hydrogen) atoms. The molecular formula is C30H44ClN3O8. The van der Waals surface area contributed by atoms with E-state index >= 15 is 0 Å². The quantitative estimate of drug-likeness (QED) is 0.190. The zero-order valence-electron chi connectivity index (χ0n) is 25.3. The highest BCUT2D eigenvalue weighted by Crippen LogP contribution is 2.48. The molecule has 0 saturated carbocycles. The van der Waals surface area contributed by atoms with Crippen LogP contribution in [0.4, 0.5) is 5.69 Å². The summed E-state index contributed by atoms with van der Waals surface area (Å²) in [5.41, 5.74) is 5.36. The molecule has 2 bridgehead atoms. The van der Waals surface area contributed by atoms with Crippen LogP contribution in [-0.2, 0) is 30.2 Å². The standard InChI is InChI=1S/C30H44ClN3O8/c1-16-9-8-10-23(40-7)30(32,38)15-21(35)17(2)27-29(4,42-27)24(41-28(37)18(3)33-5)14-25(36)34-20-12-19(11-16)13-22(39-6)26(20)31/h8-10,12-13,17-18,21,23-24,27,33,35,38H,11,14-15,32H2,1-7H3,(H,34,36)/b10-8+,16-9+.